The molecule has 1 aromatic rings. The molecule has 0 radical (unpaired) electrons. The number of fused-ring (bicyclic) bond motifs is 3. The number of carbonyl (C=O) groups excluding carboxylic acids is 2. The first-order valence-corrected chi connectivity index (χ1v) is 7.77. The Morgan fingerprint density at radius 1 is 1.25 bits per heavy atom. The monoisotopic (exact) mass is 361 g/mol. The zero-order valence-electron chi connectivity index (χ0n) is 14.3. The Kier molecular flexibility index (Phi) is 11.7. The van der Waals surface area contributed by atoms with E-state index >= 15 is 0 Å². The Labute approximate surface area is 147 Å². The van der Waals surface area contributed by atoms with Crippen LogP contribution in [0.15, 0.2) is 0 Å². The zero-order valence-corrected chi connectivity index (χ0v) is 15.0. The summed E-state index contributed by atoms with van der Waals surface area (Å²) in [7, 11) is 1.61. The average molecular weight is 362 g/mol. The van der Waals surface area contributed by atoms with Crippen molar-refractivity contribution in [3.63, 3.8) is 0 Å². The van der Waals surface area contributed by atoms with Gasteiger partial charge < -0.3 is 28.7 Å². The number of carbonyl (C=O) groups is 2. The molecule has 1 atom stereocenters. The van der Waals surface area contributed by atoms with Crippen molar-refractivity contribution in [1.82, 2.24) is 9.97 Å². The standard InChI is InChI=1S/C11H14ClN3O3.C2H6.2CH2O/c1-16-6-8-9-10(14-11(12)13-8)15-2-3-17-4-7(15)5-18-9;3*1-2/h7H,2-6H2,1H3;1-2H3;2*1H2. The summed E-state index contributed by atoms with van der Waals surface area (Å²) in [5, 5.41) is 0.219. The van der Waals surface area contributed by atoms with Gasteiger partial charge in [-0.15, -0.1) is 0 Å². The highest BCUT2D eigenvalue weighted by molar-refractivity contribution is 6.28. The van der Waals surface area contributed by atoms with Crippen LogP contribution in [0.2, 0.25) is 5.28 Å². The predicted octanol–water partition coefficient (Wildman–Crippen LogP) is 1.53. The number of morpholine rings is 1. The minimum Gasteiger partial charge on any atom is -0.486 e. The van der Waals surface area contributed by atoms with Crippen LogP contribution in [-0.4, -0.2) is 63.1 Å². The molecule has 2 aliphatic rings. The second kappa shape index (κ2) is 12.6. The Morgan fingerprint density at radius 3 is 2.54 bits per heavy atom. The number of ether oxygens (including phenoxy) is 3. The summed E-state index contributed by atoms with van der Waals surface area (Å²) in [6.07, 6.45) is 0. The van der Waals surface area contributed by atoms with Crippen LogP contribution in [0.4, 0.5) is 5.82 Å². The zero-order chi connectivity index (χ0) is 18.5. The van der Waals surface area contributed by atoms with Gasteiger partial charge in [-0.1, -0.05) is 13.8 Å². The van der Waals surface area contributed by atoms with Gasteiger partial charge in [0.25, 0.3) is 0 Å². The van der Waals surface area contributed by atoms with E-state index in [1.807, 2.05) is 27.4 Å². The van der Waals surface area contributed by atoms with Crippen LogP contribution in [0.3, 0.4) is 0 Å². The van der Waals surface area contributed by atoms with Gasteiger partial charge in [-0.25, -0.2) is 4.98 Å². The van der Waals surface area contributed by atoms with Crippen molar-refractivity contribution in [2.24, 2.45) is 0 Å². The summed E-state index contributed by atoms with van der Waals surface area (Å²) in [5.41, 5.74) is 0.692. The number of hydrogen-bond donors (Lipinski definition) is 0. The lowest BCUT2D eigenvalue weighted by Gasteiger charge is -2.40. The Bertz CT molecular complexity index is 490. The third-order valence-electron chi connectivity index (χ3n) is 3.09. The first-order valence-electron chi connectivity index (χ1n) is 7.40. The largest absolute Gasteiger partial charge is 0.486 e. The minimum absolute atomic E-state index is 0.201. The summed E-state index contributed by atoms with van der Waals surface area (Å²) in [6.45, 7) is 11.1. The van der Waals surface area contributed by atoms with Gasteiger partial charge in [0.05, 0.1) is 25.9 Å². The molecule has 1 aromatic heterocycles. The van der Waals surface area contributed by atoms with Crippen molar-refractivity contribution >= 4 is 31.0 Å². The smallest absolute Gasteiger partial charge is 0.224 e. The quantitative estimate of drug-likeness (QED) is 0.732. The van der Waals surface area contributed by atoms with E-state index in [2.05, 4.69) is 14.9 Å². The first kappa shape index (κ1) is 22.2. The molecule has 0 spiro atoms. The van der Waals surface area contributed by atoms with Crippen LogP contribution in [0.25, 0.3) is 0 Å². The minimum atomic E-state index is 0.201. The molecule has 0 N–H and O–H groups in total. The predicted molar refractivity (Wildman–Crippen MR) is 90.8 cm³/mol. The maximum absolute atomic E-state index is 8.00. The topological polar surface area (TPSA) is 90.9 Å². The number of anilines is 1. The van der Waals surface area contributed by atoms with Gasteiger partial charge in [-0.3, -0.25) is 0 Å². The SMILES string of the molecule is C=O.C=O.CC.COCc1nc(Cl)nc2c1OCC1COCCN21. The van der Waals surface area contributed by atoms with Crippen molar-refractivity contribution in [3.8, 4) is 5.75 Å². The fourth-order valence-corrected chi connectivity index (χ4v) is 2.46. The fourth-order valence-electron chi connectivity index (χ4n) is 2.28. The van der Waals surface area contributed by atoms with Gasteiger partial charge in [-0.05, 0) is 11.6 Å². The van der Waals surface area contributed by atoms with Gasteiger partial charge in [-0.2, -0.15) is 4.98 Å². The van der Waals surface area contributed by atoms with Crippen molar-refractivity contribution in [2.75, 3.05) is 38.4 Å². The van der Waals surface area contributed by atoms with Crippen LogP contribution in [0, 0.1) is 0 Å². The van der Waals surface area contributed by atoms with E-state index in [1.165, 1.54) is 0 Å². The molecule has 1 saturated heterocycles. The van der Waals surface area contributed by atoms with Crippen molar-refractivity contribution in [3.05, 3.63) is 11.0 Å². The number of methoxy groups -OCH3 is 1. The molecule has 9 heteroatoms. The Balaban J connectivity index is 0.000000798. The average Bonchev–Trinajstić information content (AvgIpc) is 2.67. The summed E-state index contributed by atoms with van der Waals surface area (Å²) >= 11 is 5.96. The summed E-state index contributed by atoms with van der Waals surface area (Å²) in [5.74, 6) is 1.43. The number of aromatic nitrogens is 2. The molecular weight excluding hydrogens is 338 g/mol. The summed E-state index contributed by atoms with van der Waals surface area (Å²) < 4.78 is 16.3. The van der Waals surface area contributed by atoms with E-state index in [0.29, 0.717) is 37.9 Å². The van der Waals surface area contributed by atoms with Crippen molar-refractivity contribution in [1.29, 1.82) is 0 Å². The molecule has 3 heterocycles. The summed E-state index contributed by atoms with van der Waals surface area (Å²) in [4.78, 5) is 26.6. The lowest BCUT2D eigenvalue weighted by atomic mass is 10.2. The summed E-state index contributed by atoms with van der Waals surface area (Å²) in [6, 6.07) is 0.201. The Hall–Kier alpha value is -1.77. The van der Waals surface area contributed by atoms with Gasteiger partial charge >= 0.3 is 0 Å². The van der Waals surface area contributed by atoms with Crippen LogP contribution in [-0.2, 0) is 25.7 Å². The highest BCUT2D eigenvalue weighted by Crippen LogP contribution is 2.36. The van der Waals surface area contributed by atoms with E-state index in [4.69, 9.17) is 35.4 Å². The van der Waals surface area contributed by atoms with E-state index in [0.717, 1.165) is 12.4 Å². The number of rotatable bonds is 2. The molecule has 136 valence electrons. The molecule has 24 heavy (non-hydrogen) atoms. The first-order chi connectivity index (χ1) is 11.8. The molecule has 0 bridgehead atoms. The normalized spacial score (nSPS) is 17.2. The lowest BCUT2D eigenvalue weighted by Crippen LogP contribution is -2.51. The van der Waals surface area contributed by atoms with Gasteiger partial charge in [0.2, 0.25) is 5.28 Å². The number of nitrogens with zero attached hydrogens (tertiary/aromatic N) is 3. The molecule has 0 aromatic carbocycles. The van der Waals surface area contributed by atoms with Gasteiger partial charge in [0, 0.05) is 13.7 Å². The highest BCUT2D eigenvalue weighted by Gasteiger charge is 2.33. The third kappa shape index (κ3) is 5.40. The van der Waals surface area contributed by atoms with Crippen molar-refractivity contribution < 1.29 is 23.8 Å². The van der Waals surface area contributed by atoms with Crippen LogP contribution < -0.4 is 9.64 Å². The molecule has 8 nitrogen and oxygen atoms in total. The number of halogens is 1. The van der Waals surface area contributed by atoms with Crippen LogP contribution >= 0.6 is 11.6 Å². The molecule has 0 amide bonds. The molecular formula is C15H24ClN3O5. The molecule has 0 saturated carbocycles. The molecule has 3 rings (SSSR count). The Morgan fingerprint density at radius 2 is 1.92 bits per heavy atom. The second-order valence-electron chi connectivity index (χ2n) is 4.26. The molecule has 2 aliphatic heterocycles. The molecule has 1 unspecified atom stereocenters. The van der Waals surface area contributed by atoms with E-state index < -0.39 is 0 Å². The lowest BCUT2D eigenvalue weighted by molar-refractivity contribution is -0.0987. The molecule has 1 fully saturated rings. The van der Waals surface area contributed by atoms with Gasteiger partial charge in [0.1, 0.15) is 25.9 Å². The van der Waals surface area contributed by atoms with Crippen LogP contribution in [0.1, 0.15) is 19.5 Å². The van der Waals surface area contributed by atoms with Crippen molar-refractivity contribution in [2.45, 2.75) is 26.5 Å². The number of hydrogen-bond acceptors (Lipinski definition) is 8. The highest BCUT2D eigenvalue weighted by atomic mass is 35.5. The van der Waals surface area contributed by atoms with E-state index in [-0.39, 0.29) is 11.3 Å². The van der Waals surface area contributed by atoms with E-state index in [9.17, 15) is 0 Å². The maximum atomic E-state index is 8.00. The van der Waals surface area contributed by atoms with Gasteiger partial charge in [0.15, 0.2) is 11.6 Å². The maximum Gasteiger partial charge on any atom is 0.224 e. The second-order valence-corrected chi connectivity index (χ2v) is 4.60. The van der Waals surface area contributed by atoms with E-state index in [1.54, 1.807) is 7.11 Å². The fraction of sp³-hybridized carbons (Fsp3) is 0.600. The third-order valence-corrected chi connectivity index (χ3v) is 3.26. The molecule has 0 aliphatic carbocycles. The van der Waals surface area contributed by atoms with Crippen LogP contribution in [0.5, 0.6) is 5.75 Å².